The van der Waals surface area contributed by atoms with E-state index in [0.717, 1.165) is 11.3 Å². The van der Waals surface area contributed by atoms with Gasteiger partial charge in [-0.15, -0.1) is 0 Å². The first kappa shape index (κ1) is 17.2. The number of ether oxygens (including phenoxy) is 3. The average Bonchev–Trinajstić information content (AvgIpc) is 2.52. The van der Waals surface area contributed by atoms with E-state index < -0.39 is 0 Å². The normalized spacial score (nSPS) is 11.0. The van der Waals surface area contributed by atoms with Crippen molar-refractivity contribution in [2.24, 2.45) is 5.10 Å². The van der Waals surface area contributed by atoms with Gasteiger partial charge >= 0.3 is 0 Å². The summed E-state index contributed by atoms with van der Waals surface area (Å²) in [6.07, 6.45) is 0. The summed E-state index contributed by atoms with van der Waals surface area (Å²) in [5, 5.41) is 7.66. The molecule has 0 radical (unpaired) electrons. The predicted octanol–water partition coefficient (Wildman–Crippen LogP) is 1.54. The van der Waals surface area contributed by atoms with Crippen molar-refractivity contribution < 1.29 is 14.2 Å². The van der Waals surface area contributed by atoms with Crippen molar-refractivity contribution in [2.75, 3.05) is 34.5 Å². The number of rotatable bonds is 7. The standard InChI is InChI=1S/C14H21N3O3S/c1-10(16-17-14(21)15-7-8-18-2)11-5-6-12(19-3)13(9-11)20-4/h5-6,9H,7-8H2,1-4H3,(H2,15,17,21)/b16-10-. The van der Waals surface area contributed by atoms with Crippen LogP contribution < -0.4 is 20.2 Å². The van der Waals surface area contributed by atoms with Crippen molar-refractivity contribution in [3.8, 4) is 11.5 Å². The molecule has 0 aliphatic carbocycles. The molecule has 0 bridgehead atoms. The number of benzene rings is 1. The second-order valence-corrected chi connectivity index (χ2v) is 4.54. The molecule has 0 spiro atoms. The largest absolute Gasteiger partial charge is 0.493 e. The third-order valence-electron chi connectivity index (χ3n) is 2.72. The highest BCUT2D eigenvalue weighted by molar-refractivity contribution is 7.80. The number of hydrogen-bond donors (Lipinski definition) is 2. The minimum Gasteiger partial charge on any atom is -0.493 e. The lowest BCUT2D eigenvalue weighted by atomic mass is 10.1. The molecule has 0 heterocycles. The van der Waals surface area contributed by atoms with E-state index in [1.165, 1.54) is 0 Å². The molecular formula is C14H21N3O3S. The van der Waals surface area contributed by atoms with Crippen LogP contribution in [0.2, 0.25) is 0 Å². The van der Waals surface area contributed by atoms with E-state index in [0.29, 0.717) is 29.8 Å². The van der Waals surface area contributed by atoms with Crippen molar-refractivity contribution >= 4 is 23.0 Å². The highest BCUT2D eigenvalue weighted by Crippen LogP contribution is 2.27. The van der Waals surface area contributed by atoms with Gasteiger partial charge in [0.05, 0.1) is 26.5 Å². The number of methoxy groups -OCH3 is 3. The highest BCUT2D eigenvalue weighted by Gasteiger charge is 2.06. The van der Waals surface area contributed by atoms with Crippen LogP contribution in [0.3, 0.4) is 0 Å². The van der Waals surface area contributed by atoms with Gasteiger partial charge in [-0.2, -0.15) is 5.10 Å². The maximum atomic E-state index is 5.27. The molecule has 6 nitrogen and oxygen atoms in total. The molecule has 1 aromatic rings. The number of nitrogens with zero attached hydrogens (tertiary/aromatic N) is 1. The van der Waals surface area contributed by atoms with Gasteiger partial charge in [-0.3, -0.25) is 5.43 Å². The van der Waals surface area contributed by atoms with Gasteiger partial charge in [0.15, 0.2) is 16.6 Å². The van der Waals surface area contributed by atoms with Gasteiger partial charge in [0.25, 0.3) is 0 Å². The molecule has 0 aromatic heterocycles. The topological polar surface area (TPSA) is 64.1 Å². The minimum absolute atomic E-state index is 0.451. The Morgan fingerprint density at radius 1 is 1.19 bits per heavy atom. The van der Waals surface area contributed by atoms with Gasteiger partial charge in [-0.05, 0) is 37.3 Å². The van der Waals surface area contributed by atoms with Gasteiger partial charge in [0.2, 0.25) is 0 Å². The Morgan fingerprint density at radius 3 is 2.52 bits per heavy atom. The summed E-state index contributed by atoms with van der Waals surface area (Å²) in [5.41, 5.74) is 4.49. The lowest BCUT2D eigenvalue weighted by Crippen LogP contribution is -2.34. The second-order valence-electron chi connectivity index (χ2n) is 4.13. The highest BCUT2D eigenvalue weighted by atomic mass is 32.1. The molecule has 1 aromatic carbocycles. The number of hydrazone groups is 1. The Kier molecular flexibility index (Phi) is 7.49. The summed E-state index contributed by atoms with van der Waals surface area (Å²) >= 11 is 5.09. The summed E-state index contributed by atoms with van der Waals surface area (Å²) in [6, 6.07) is 5.60. The predicted molar refractivity (Wildman–Crippen MR) is 87.4 cm³/mol. The first-order valence-electron chi connectivity index (χ1n) is 6.41. The van der Waals surface area contributed by atoms with Gasteiger partial charge < -0.3 is 19.5 Å². The zero-order valence-corrected chi connectivity index (χ0v) is 13.5. The van der Waals surface area contributed by atoms with Crippen LogP contribution in [0.15, 0.2) is 23.3 Å². The molecular weight excluding hydrogens is 290 g/mol. The van der Waals surface area contributed by atoms with Crippen LogP contribution >= 0.6 is 12.2 Å². The zero-order chi connectivity index (χ0) is 15.7. The fourth-order valence-electron chi connectivity index (χ4n) is 1.57. The molecule has 0 aliphatic rings. The van der Waals surface area contributed by atoms with Gasteiger partial charge in [-0.25, -0.2) is 0 Å². The molecule has 0 saturated carbocycles. The molecule has 0 saturated heterocycles. The lowest BCUT2D eigenvalue weighted by molar-refractivity contribution is 0.204. The SMILES string of the molecule is COCCNC(=S)N/N=C(/C)c1ccc(OC)c(OC)c1. The van der Waals surface area contributed by atoms with Gasteiger partial charge in [-0.1, -0.05) is 0 Å². The van der Waals surface area contributed by atoms with E-state index in [9.17, 15) is 0 Å². The van der Waals surface area contributed by atoms with Crippen LogP contribution in [0.25, 0.3) is 0 Å². The molecule has 2 N–H and O–H groups in total. The van der Waals surface area contributed by atoms with Crippen LogP contribution in [0.1, 0.15) is 12.5 Å². The molecule has 21 heavy (non-hydrogen) atoms. The molecule has 1 rings (SSSR count). The van der Waals surface area contributed by atoms with E-state index in [1.807, 2.05) is 25.1 Å². The molecule has 0 amide bonds. The fraction of sp³-hybridized carbons (Fsp3) is 0.429. The van der Waals surface area contributed by atoms with E-state index in [1.54, 1.807) is 21.3 Å². The smallest absolute Gasteiger partial charge is 0.187 e. The first-order chi connectivity index (χ1) is 10.1. The first-order valence-corrected chi connectivity index (χ1v) is 6.82. The number of thiocarbonyl (C=S) groups is 1. The van der Waals surface area contributed by atoms with Gasteiger partial charge in [0.1, 0.15) is 0 Å². The molecule has 7 heteroatoms. The van der Waals surface area contributed by atoms with Crippen LogP contribution in [-0.2, 0) is 4.74 Å². The molecule has 116 valence electrons. The third kappa shape index (κ3) is 5.57. The van der Waals surface area contributed by atoms with Crippen molar-refractivity contribution in [3.63, 3.8) is 0 Å². The van der Waals surface area contributed by atoms with Crippen LogP contribution in [0.5, 0.6) is 11.5 Å². The minimum atomic E-state index is 0.451. The van der Waals surface area contributed by atoms with E-state index in [2.05, 4.69) is 15.8 Å². The second kappa shape index (κ2) is 9.15. The number of nitrogens with one attached hydrogen (secondary N) is 2. The summed E-state index contributed by atoms with van der Waals surface area (Å²) < 4.78 is 15.4. The maximum Gasteiger partial charge on any atom is 0.187 e. The molecule has 0 fully saturated rings. The Morgan fingerprint density at radius 2 is 1.90 bits per heavy atom. The Labute approximate surface area is 130 Å². The van der Waals surface area contributed by atoms with Gasteiger partial charge in [0, 0.05) is 19.2 Å². The van der Waals surface area contributed by atoms with E-state index in [-0.39, 0.29) is 0 Å². The Balaban J connectivity index is 2.67. The van der Waals surface area contributed by atoms with Crippen molar-refractivity contribution in [1.29, 1.82) is 0 Å². The maximum absolute atomic E-state index is 5.27. The van der Waals surface area contributed by atoms with Crippen LogP contribution in [0.4, 0.5) is 0 Å². The van der Waals surface area contributed by atoms with Crippen molar-refractivity contribution in [1.82, 2.24) is 10.7 Å². The summed E-state index contributed by atoms with van der Waals surface area (Å²) in [6.45, 7) is 3.10. The van der Waals surface area contributed by atoms with E-state index in [4.69, 9.17) is 26.4 Å². The summed E-state index contributed by atoms with van der Waals surface area (Å²) in [5.74, 6) is 1.34. The number of hydrogen-bond acceptors (Lipinski definition) is 5. The zero-order valence-electron chi connectivity index (χ0n) is 12.7. The van der Waals surface area contributed by atoms with Crippen molar-refractivity contribution in [3.05, 3.63) is 23.8 Å². The third-order valence-corrected chi connectivity index (χ3v) is 2.95. The summed E-state index contributed by atoms with van der Waals surface area (Å²) in [7, 11) is 4.84. The Hall–Kier alpha value is -1.86. The lowest BCUT2D eigenvalue weighted by Gasteiger charge is -2.10. The van der Waals surface area contributed by atoms with Crippen LogP contribution in [0, 0.1) is 0 Å². The average molecular weight is 311 g/mol. The summed E-state index contributed by atoms with van der Waals surface area (Å²) in [4.78, 5) is 0. The molecule has 0 unspecified atom stereocenters. The molecule has 0 aliphatic heterocycles. The fourth-order valence-corrected chi connectivity index (χ4v) is 1.71. The van der Waals surface area contributed by atoms with Crippen LogP contribution in [-0.4, -0.2) is 45.3 Å². The quantitative estimate of drug-likeness (QED) is 0.345. The van der Waals surface area contributed by atoms with Crippen molar-refractivity contribution in [2.45, 2.75) is 6.92 Å². The van der Waals surface area contributed by atoms with E-state index >= 15 is 0 Å². The monoisotopic (exact) mass is 311 g/mol. The Bertz CT molecular complexity index is 506. The molecule has 0 atom stereocenters.